The van der Waals surface area contributed by atoms with E-state index >= 15 is 0 Å². The van der Waals surface area contributed by atoms with Gasteiger partial charge in [0.2, 0.25) is 35.1 Å². The molecule has 0 aliphatic rings. The summed E-state index contributed by atoms with van der Waals surface area (Å²) in [7, 11) is 0. The summed E-state index contributed by atoms with van der Waals surface area (Å²) in [6.45, 7) is 13.3. The molecule has 0 fully saturated rings. The van der Waals surface area contributed by atoms with Crippen LogP contribution in [-0.2, 0) is 52.7 Å². The number of carboxylic acids is 2. The Bertz CT molecular complexity index is 3350. The van der Waals surface area contributed by atoms with Crippen LogP contribution in [-0.4, -0.2) is 90.4 Å². The molecule has 0 radical (unpaired) electrons. The first-order chi connectivity index (χ1) is 40.3. The van der Waals surface area contributed by atoms with Crippen molar-refractivity contribution in [2.75, 3.05) is 13.2 Å². The number of nitrogens with one attached hydrogen (secondary N) is 2. The van der Waals surface area contributed by atoms with E-state index < -0.39 is 154 Å². The number of halogens is 8. The van der Waals surface area contributed by atoms with Crippen LogP contribution in [0.15, 0.2) is 94.8 Å². The zero-order chi connectivity index (χ0) is 64.1. The SMILES string of the molecule is CC[C@@H](C(=O)N[C@@H](CC(=O)O)C(=O)COc1c(F)c(F)cc(F)c1F)c1ccnn(Cc2cccc(C(C)(C)C)c2)c1=O.CC[C@H](C(=O)N[C@@H](CC(=O)O)C(=O)COc1c(F)c(F)cc(F)c1F)c1ccnn(Cc2cccc(C(C)(C)C)c2)c1=O. The number of aromatic nitrogens is 4. The summed E-state index contributed by atoms with van der Waals surface area (Å²) in [5.74, 6) is -27.0. The maximum Gasteiger partial charge on any atom is 0.305 e. The molecule has 0 aliphatic carbocycles. The molecule has 0 unspecified atom stereocenters. The van der Waals surface area contributed by atoms with Crippen molar-refractivity contribution < 1.29 is 83.6 Å². The van der Waals surface area contributed by atoms with Crippen LogP contribution >= 0.6 is 0 Å². The van der Waals surface area contributed by atoms with Gasteiger partial charge in [0, 0.05) is 35.7 Å². The lowest BCUT2D eigenvalue weighted by molar-refractivity contribution is -0.141. The van der Waals surface area contributed by atoms with Crippen LogP contribution in [0.5, 0.6) is 11.5 Å². The van der Waals surface area contributed by atoms with E-state index in [0.717, 1.165) is 22.3 Å². The second-order valence-electron chi connectivity index (χ2n) is 21.7. The average molecular weight is 1210 g/mol. The van der Waals surface area contributed by atoms with Crippen molar-refractivity contribution in [3.05, 3.63) is 186 Å². The lowest BCUT2D eigenvalue weighted by atomic mass is 9.86. The molecule has 2 heterocycles. The summed E-state index contributed by atoms with van der Waals surface area (Å²) in [5.41, 5.74) is 2.36. The lowest BCUT2D eigenvalue weighted by Gasteiger charge is -2.21. The van der Waals surface area contributed by atoms with Crippen molar-refractivity contribution in [3.8, 4) is 11.5 Å². The smallest absolute Gasteiger partial charge is 0.305 e. The first-order valence-corrected chi connectivity index (χ1v) is 26.6. The molecule has 86 heavy (non-hydrogen) atoms. The van der Waals surface area contributed by atoms with E-state index in [2.05, 4.69) is 30.3 Å². The van der Waals surface area contributed by atoms with Gasteiger partial charge in [-0.25, -0.2) is 26.9 Å². The summed E-state index contributed by atoms with van der Waals surface area (Å²) >= 11 is 0. The Hall–Kier alpha value is -9.10. The Labute approximate surface area is 487 Å². The van der Waals surface area contributed by atoms with Crippen LogP contribution in [0, 0.1) is 46.5 Å². The number of amides is 2. The number of carbonyl (C=O) groups excluding carboxylic acids is 4. The zero-order valence-corrected chi connectivity index (χ0v) is 47.8. The quantitative estimate of drug-likeness (QED) is 0.0328. The fourth-order valence-electron chi connectivity index (χ4n) is 8.63. The fraction of sp³-hybridized carbons (Fsp3) is 0.367. The summed E-state index contributed by atoms with van der Waals surface area (Å²) < 4.78 is 121. The number of carbonyl (C=O) groups is 6. The van der Waals surface area contributed by atoms with Gasteiger partial charge in [0.1, 0.15) is 25.3 Å². The second kappa shape index (κ2) is 29.1. The number of aliphatic carboxylic acids is 2. The molecule has 0 aliphatic heterocycles. The molecule has 2 aromatic heterocycles. The van der Waals surface area contributed by atoms with Crippen LogP contribution in [0.3, 0.4) is 0 Å². The third-order valence-corrected chi connectivity index (χ3v) is 13.4. The highest BCUT2D eigenvalue weighted by Gasteiger charge is 2.33. The van der Waals surface area contributed by atoms with Crippen LogP contribution in [0.4, 0.5) is 35.1 Å². The highest BCUT2D eigenvalue weighted by molar-refractivity contribution is 5.95. The van der Waals surface area contributed by atoms with Gasteiger partial charge in [-0.1, -0.05) is 104 Å². The van der Waals surface area contributed by atoms with E-state index in [4.69, 9.17) is 0 Å². The molecular weight excluding hydrogens is 1150 g/mol. The first-order valence-electron chi connectivity index (χ1n) is 26.6. The standard InChI is InChI=1S/2C30H31F4N3O6/c2*1-5-18(19-9-10-35-37(29(19)42)14-16-7-6-8-17(11-16)30(2,3)4)28(41)36-22(13-24(39)40)23(38)15-43-27-25(33)20(31)12-21(32)26(27)34/h2*6-12,18,22H,5,13-15H2,1-4H3,(H,36,41)(H,39,40)/t18-,22+;18-,22-/m10/s1. The van der Waals surface area contributed by atoms with E-state index in [0.29, 0.717) is 0 Å². The molecule has 0 saturated carbocycles. The second-order valence-corrected chi connectivity index (χ2v) is 21.7. The number of hydrogen-bond acceptors (Lipinski definition) is 12. The minimum Gasteiger partial charge on any atom is -0.481 e. The van der Waals surface area contributed by atoms with Gasteiger partial charge in [-0.3, -0.25) is 38.4 Å². The van der Waals surface area contributed by atoms with E-state index in [9.17, 15) is 83.7 Å². The molecule has 4 atom stereocenters. The molecule has 0 bridgehead atoms. The number of Topliss-reactive ketones (excluding diaryl/α,β-unsaturated/α-hetero) is 2. The maximum atomic E-state index is 13.9. The molecule has 4 N–H and O–H groups in total. The number of rotatable bonds is 24. The first kappa shape index (κ1) is 67.7. The Morgan fingerprint density at radius 3 is 1.14 bits per heavy atom. The molecule has 26 heteroatoms. The van der Waals surface area contributed by atoms with Crippen molar-refractivity contribution in [1.29, 1.82) is 0 Å². The molecule has 18 nitrogen and oxygen atoms in total. The highest BCUT2D eigenvalue weighted by Crippen LogP contribution is 2.29. The predicted molar refractivity (Wildman–Crippen MR) is 293 cm³/mol. The van der Waals surface area contributed by atoms with Gasteiger partial charge in [-0.15, -0.1) is 0 Å². The maximum absolute atomic E-state index is 13.9. The molecule has 6 rings (SSSR count). The third kappa shape index (κ3) is 17.5. The highest BCUT2D eigenvalue weighted by atomic mass is 19.2. The number of ether oxygens (including phenoxy) is 2. The van der Waals surface area contributed by atoms with Gasteiger partial charge in [0.05, 0.1) is 37.8 Å². The van der Waals surface area contributed by atoms with Crippen LogP contribution in [0.25, 0.3) is 0 Å². The summed E-state index contributed by atoms with van der Waals surface area (Å²) in [6, 6.07) is 14.3. The predicted octanol–water partition coefficient (Wildman–Crippen LogP) is 8.49. The Balaban J connectivity index is 0.000000314. The van der Waals surface area contributed by atoms with Gasteiger partial charge < -0.3 is 30.3 Å². The molecule has 0 spiro atoms. The minimum absolute atomic E-state index is 0.0409. The molecule has 4 aromatic carbocycles. The van der Waals surface area contributed by atoms with Crippen LogP contribution in [0.1, 0.15) is 126 Å². The Kier molecular flexibility index (Phi) is 22.9. The van der Waals surface area contributed by atoms with Crippen LogP contribution in [0.2, 0.25) is 0 Å². The molecule has 6 aromatic rings. The monoisotopic (exact) mass is 1210 g/mol. The molecule has 2 amide bonds. The number of ketones is 2. The molecule has 460 valence electrons. The van der Waals surface area contributed by atoms with Crippen molar-refractivity contribution in [2.24, 2.45) is 0 Å². The molecule has 0 saturated heterocycles. The average Bonchev–Trinajstić information content (AvgIpc) is 2.41. The van der Waals surface area contributed by atoms with Crippen molar-refractivity contribution in [1.82, 2.24) is 30.2 Å². The fourth-order valence-corrected chi connectivity index (χ4v) is 8.63. The van der Waals surface area contributed by atoms with E-state index in [-0.39, 0.29) is 60.0 Å². The lowest BCUT2D eigenvalue weighted by Crippen LogP contribution is -2.46. The van der Waals surface area contributed by atoms with Crippen LogP contribution < -0.4 is 31.2 Å². The van der Waals surface area contributed by atoms with Gasteiger partial charge in [-0.2, -0.15) is 27.8 Å². The van der Waals surface area contributed by atoms with Crippen molar-refractivity contribution >= 4 is 35.3 Å². The van der Waals surface area contributed by atoms with E-state index in [1.54, 1.807) is 13.8 Å². The van der Waals surface area contributed by atoms with Crippen molar-refractivity contribution in [3.63, 3.8) is 0 Å². The largest absolute Gasteiger partial charge is 0.481 e. The zero-order valence-electron chi connectivity index (χ0n) is 47.8. The third-order valence-electron chi connectivity index (χ3n) is 13.4. The number of hydrogen-bond donors (Lipinski definition) is 4. The number of benzene rings is 4. The van der Waals surface area contributed by atoms with Gasteiger partial charge in [0.25, 0.3) is 11.1 Å². The van der Waals surface area contributed by atoms with Gasteiger partial charge >= 0.3 is 11.9 Å². The molecular formula is C60H62F8N6O12. The normalized spacial score (nSPS) is 12.8. The van der Waals surface area contributed by atoms with E-state index in [1.807, 2.05) is 90.1 Å². The summed E-state index contributed by atoms with van der Waals surface area (Å²) in [6.07, 6.45) is 0.946. The summed E-state index contributed by atoms with van der Waals surface area (Å²) in [5, 5.41) is 31.3. The van der Waals surface area contributed by atoms with Gasteiger partial charge in [0.15, 0.2) is 46.3 Å². The van der Waals surface area contributed by atoms with Crippen molar-refractivity contribution in [2.45, 2.75) is 129 Å². The Morgan fingerprint density at radius 1 is 0.523 bits per heavy atom. The topological polar surface area (TPSA) is 255 Å². The van der Waals surface area contributed by atoms with E-state index in [1.165, 1.54) is 33.9 Å². The summed E-state index contributed by atoms with van der Waals surface area (Å²) in [4.78, 5) is 101. The number of nitrogens with zero attached hydrogens (tertiary/aromatic N) is 4. The Morgan fingerprint density at radius 2 is 0.849 bits per heavy atom. The minimum atomic E-state index is -1.89. The number of carboxylic acid groups (broad SMARTS) is 2. The van der Waals surface area contributed by atoms with Gasteiger partial charge in [-0.05, 0) is 58.1 Å².